The molecule has 1 atom stereocenters. The van der Waals surface area contributed by atoms with Crippen LogP contribution in [0.4, 0.5) is 0 Å². The molecule has 36 heavy (non-hydrogen) atoms. The minimum atomic E-state index is -0.360. The highest BCUT2D eigenvalue weighted by atomic mass is 35.5. The number of piperazine rings is 1. The molecule has 7 heteroatoms. The maximum absolute atomic E-state index is 12.9. The number of halogens is 1. The van der Waals surface area contributed by atoms with Crippen molar-refractivity contribution in [3.63, 3.8) is 0 Å². The molecule has 0 radical (unpaired) electrons. The molecule has 3 aromatic carbocycles. The van der Waals surface area contributed by atoms with Crippen LogP contribution in [-0.2, 0) is 16.1 Å². The van der Waals surface area contributed by atoms with Crippen LogP contribution in [0.5, 0.6) is 0 Å². The molecule has 0 aromatic heterocycles. The summed E-state index contributed by atoms with van der Waals surface area (Å²) < 4.78 is 11.1. The minimum absolute atomic E-state index is 0.0826. The summed E-state index contributed by atoms with van der Waals surface area (Å²) in [7, 11) is 1.37. The van der Waals surface area contributed by atoms with Gasteiger partial charge in [-0.1, -0.05) is 53.6 Å². The number of rotatable bonds is 8. The van der Waals surface area contributed by atoms with Crippen LogP contribution in [0.2, 0.25) is 5.02 Å². The van der Waals surface area contributed by atoms with Gasteiger partial charge in [0.2, 0.25) is 0 Å². The second kappa shape index (κ2) is 12.2. The highest BCUT2D eigenvalue weighted by Gasteiger charge is 2.25. The van der Waals surface area contributed by atoms with Gasteiger partial charge in [0.25, 0.3) is 5.91 Å². The van der Waals surface area contributed by atoms with E-state index in [9.17, 15) is 9.59 Å². The average Bonchev–Trinajstić information content (AvgIpc) is 2.91. The Morgan fingerprint density at radius 2 is 1.61 bits per heavy atom. The highest BCUT2D eigenvalue weighted by molar-refractivity contribution is 6.30. The maximum Gasteiger partial charge on any atom is 0.337 e. The van der Waals surface area contributed by atoms with E-state index < -0.39 is 0 Å². The lowest BCUT2D eigenvalue weighted by Gasteiger charge is -2.36. The molecular weight excluding hydrogens is 476 g/mol. The number of methoxy groups -OCH3 is 1. The van der Waals surface area contributed by atoms with Crippen LogP contribution in [0.3, 0.4) is 0 Å². The van der Waals surface area contributed by atoms with E-state index in [-0.39, 0.29) is 18.0 Å². The van der Waals surface area contributed by atoms with E-state index in [0.29, 0.717) is 36.8 Å². The summed E-state index contributed by atoms with van der Waals surface area (Å²) in [6, 6.07) is 22.7. The zero-order chi connectivity index (χ0) is 25.5. The van der Waals surface area contributed by atoms with Crippen molar-refractivity contribution >= 4 is 23.5 Å². The molecule has 1 aliphatic heterocycles. The van der Waals surface area contributed by atoms with Crippen LogP contribution < -0.4 is 0 Å². The van der Waals surface area contributed by atoms with Gasteiger partial charge in [-0.3, -0.25) is 9.69 Å². The molecule has 0 bridgehead atoms. The number of carbonyl (C=O) groups is 2. The number of esters is 1. The summed E-state index contributed by atoms with van der Waals surface area (Å²) >= 11 is 6.11. The van der Waals surface area contributed by atoms with Gasteiger partial charge in [-0.25, -0.2) is 4.79 Å². The summed E-state index contributed by atoms with van der Waals surface area (Å²) in [4.78, 5) is 28.9. The number of hydrogen-bond donors (Lipinski definition) is 0. The normalized spacial score (nSPS) is 14.9. The van der Waals surface area contributed by atoms with Gasteiger partial charge in [0.1, 0.15) is 0 Å². The van der Waals surface area contributed by atoms with Crippen LogP contribution in [0.25, 0.3) is 0 Å². The first-order valence-corrected chi connectivity index (χ1v) is 12.4. The third kappa shape index (κ3) is 6.72. The first kappa shape index (κ1) is 25.9. The third-order valence-electron chi connectivity index (χ3n) is 6.42. The van der Waals surface area contributed by atoms with Crippen molar-refractivity contribution in [3.8, 4) is 0 Å². The Bertz CT molecular complexity index is 1170. The molecule has 1 heterocycles. The van der Waals surface area contributed by atoms with Crippen molar-refractivity contribution < 1.29 is 19.1 Å². The number of hydrogen-bond acceptors (Lipinski definition) is 5. The van der Waals surface area contributed by atoms with Crippen molar-refractivity contribution in [2.24, 2.45) is 0 Å². The van der Waals surface area contributed by atoms with Gasteiger partial charge < -0.3 is 14.4 Å². The standard InChI is InChI=1S/C29H31ClN2O4/c1-21-4-3-5-25(18-21)28(33)32-16-14-31(15-17-32)19-27(23-10-12-26(30)13-11-23)36-20-22-6-8-24(9-7-22)29(34)35-2/h3-13,18,27H,14-17,19-20H2,1-2H3/t27-/m1/s1. The van der Waals surface area contributed by atoms with Crippen molar-refractivity contribution in [2.45, 2.75) is 19.6 Å². The van der Waals surface area contributed by atoms with E-state index in [0.717, 1.165) is 35.3 Å². The number of ether oxygens (including phenoxy) is 2. The quantitative estimate of drug-likeness (QED) is 0.395. The zero-order valence-electron chi connectivity index (χ0n) is 20.7. The first-order valence-electron chi connectivity index (χ1n) is 12.1. The lowest BCUT2D eigenvalue weighted by Crippen LogP contribution is -2.49. The smallest absolute Gasteiger partial charge is 0.337 e. The fourth-order valence-corrected chi connectivity index (χ4v) is 4.44. The average molecular weight is 507 g/mol. The molecule has 4 rings (SSSR count). The first-order chi connectivity index (χ1) is 17.4. The van der Waals surface area contributed by atoms with Gasteiger partial charge in [0.05, 0.1) is 25.4 Å². The molecule has 0 aliphatic carbocycles. The molecular formula is C29H31ClN2O4. The van der Waals surface area contributed by atoms with Crippen molar-refractivity contribution in [2.75, 3.05) is 39.8 Å². The summed E-state index contributed by atoms with van der Waals surface area (Å²) in [6.45, 7) is 6.01. The molecule has 1 amide bonds. The van der Waals surface area contributed by atoms with Crippen molar-refractivity contribution in [1.29, 1.82) is 0 Å². The molecule has 188 valence electrons. The Labute approximate surface area is 217 Å². The fourth-order valence-electron chi connectivity index (χ4n) is 4.31. The summed E-state index contributed by atoms with van der Waals surface area (Å²) in [5.41, 5.74) is 4.35. The molecule has 1 aliphatic rings. The number of amides is 1. The Kier molecular flexibility index (Phi) is 8.75. The monoisotopic (exact) mass is 506 g/mol. The van der Waals surface area contributed by atoms with E-state index >= 15 is 0 Å². The van der Waals surface area contributed by atoms with Crippen LogP contribution in [0, 0.1) is 6.92 Å². The number of carbonyl (C=O) groups excluding carboxylic acids is 2. The van der Waals surface area contributed by atoms with Crippen LogP contribution in [-0.4, -0.2) is 61.5 Å². The van der Waals surface area contributed by atoms with E-state index in [1.807, 2.05) is 72.5 Å². The van der Waals surface area contributed by atoms with Gasteiger partial charge in [0.15, 0.2) is 0 Å². The predicted octanol–water partition coefficient (Wildman–Crippen LogP) is 5.15. The third-order valence-corrected chi connectivity index (χ3v) is 6.67. The Morgan fingerprint density at radius 3 is 2.25 bits per heavy atom. The predicted molar refractivity (Wildman–Crippen MR) is 140 cm³/mol. The van der Waals surface area contributed by atoms with Gasteiger partial charge in [0, 0.05) is 43.3 Å². The lowest BCUT2D eigenvalue weighted by molar-refractivity contribution is 0.00340. The highest BCUT2D eigenvalue weighted by Crippen LogP contribution is 2.24. The van der Waals surface area contributed by atoms with Gasteiger partial charge in [-0.2, -0.15) is 0 Å². The van der Waals surface area contributed by atoms with E-state index in [1.165, 1.54) is 7.11 Å². The molecule has 0 N–H and O–H groups in total. The van der Waals surface area contributed by atoms with E-state index in [1.54, 1.807) is 12.1 Å². The largest absolute Gasteiger partial charge is 0.465 e. The molecule has 0 spiro atoms. The van der Waals surface area contributed by atoms with E-state index in [2.05, 4.69) is 4.90 Å². The van der Waals surface area contributed by atoms with Gasteiger partial charge in [-0.15, -0.1) is 0 Å². The minimum Gasteiger partial charge on any atom is -0.465 e. The van der Waals surface area contributed by atoms with E-state index in [4.69, 9.17) is 21.1 Å². The SMILES string of the molecule is COC(=O)c1ccc(CO[C@H](CN2CCN(C(=O)c3cccc(C)c3)CC2)c2ccc(Cl)cc2)cc1. The van der Waals surface area contributed by atoms with Gasteiger partial charge >= 0.3 is 5.97 Å². The molecule has 0 unspecified atom stereocenters. The molecule has 6 nitrogen and oxygen atoms in total. The summed E-state index contributed by atoms with van der Waals surface area (Å²) in [5, 5.41) is 0.680. The maximum atomic E-state index is 12.9. The number of aryl methyl sites for hydroxylation is 1. The molecule has 1 fully saturated rings. The Morgan fingerprint density at radius 1 is 0.917 bits per heavy atom. The van der Waals surface area contributed by atoms with Crippen LogP contribution in [0.15, 0.2) is 72.8 Å². The zero-order valence-corrected chi connectivity index (χ0v) is 21.4. The topological polar surface area (TPSA) is 59.1 Å². The van der Waals surface area contributed by atoms with Crippen molar-refractivity contribution in [1.82, 2.24) is 9.80 Å². The molecule has 1 saturated heterocycles. The Hall–Kier alpha value is -3.19. The van der Waals surface area contributed by atoms with Crippen LogP contribution in [0.1, 0.15) is 43.5 Å². The summed E-state index contributed by atoms with van der Waals surface area (Å²) in [6.07, 6.45) is -0.165. The fraction of sp³-hybridized carbons (Fsp3) is 0.310. The second-order valence-corrected chi connectivity index (χ2v) is 9.44. The molecule has 3 aromatic rings. The lowest BCUT2D eigenvalue weighted by atomic mass is 10.1. The van der Waals surface area contributed by atoms with Gasteiger partial charge in [-0.05, 0) is 54.4 Å². The van der Waals surface area contributed by atoms with Crippen LogP contribution >= 0.6 is 11.6 Å². The molecule has 0 saturated carbocycles. The summed E-state index contributed by atoms with van der Waals surface area (Å²) in [5.74, 6) is -0.277. The Balaban J connectivity index is 1.38. The van der Waals surface area contributed by atoms with Crippen molar-refractivity contribution in [3.05, 3.63) is 106 Å². The number of nitrogens with zero attached hydrogens (tertiary/aromatic N) is 2. The number of benzene rings is 3. The second-order valence-electron chi connectivity index (χ2n) is 9.00.